The van der Waals surface area contributed by atoms with Crippen LogP contribution in [0.2, 0.25) is 0 Å². The normalized spacial score (nSPS) is 10.9. The van der Waals surface area contributed by atoms with Crippen LogP contribution in [0.3, 0.4) is 0 Å². The van der Waals surface area contributed by atoms with E-state index in [4.69, 9.17) is 4.74 Å². The summed E-state index contributed by atoms with van der Waals surface area (Å²) in [5.41, 5.74) is 2.22. The molecule has 1 aromatic heterocycles. The van der Waals surface area contributed by atoms with Crippen molar-refractivity contribution in [2.45, 2.75) is 20.4 Å². The molecule has 0 saturated heterocycles. The number of hydrogen-bond acceptors (Lipinski definition) is 4. The van der Waals surface area contributed by atoms with Crippen LogP contribution in [0.4, 0.5) is 0 Å². The zero-order valence-corrected chi connectivity index (χ0v) is 11.3. The monoisotopic (exact) mass is 237 g/mol. The van der Waals surface area contributed by atoms with Gasteiger partial charge in [-0.3, -0.25) is 0 Å². The highest BCUT2D eigenvalue weighted by atomic mass is 16.5. The van der Waals surface area contributed by atoms with E-state index >= 15 is 0 Å². The van der Waals surface area contributed by atoms with Crippen molar-refractivity contribution >= 4 is 0 Å². The lowest BCUT2D eigenvalue weighted by Gasteiger charge is -2.12. The molecule has 0 radical (unpaired) electrons. The number of nitrogens with zero attached hydrogens (tertiary/aromatic N) is 2. The van der Waals surface area contributed by atoms with Gasteiger partial charge >= 0.3 is 0 Å². The molecule has 0 amide bonds. The Labute approximate surface area is 104 Å². The molecule has 0 spiro atoms. The highest BCUT2D eigenvalue weighted by Gasteiger charge is 2.01. The van der Waals surface area contributed by atoms with Crippen LogP contribution in [0, 0.1) is 6.92 Å². The molecule has 1 N–H and O–H groups in total. The lowest BCUT2D eigenvalue weighted by Crippen LogP contribution is -2.20. The van der Waals surface area contributed by atoms with Crippen molar-refractivity contribution < 1.29 is 4.74 Å². The molecule has 4 nitrogen and oxygen atoms in total. The van der Waals surface area contributed by atoms with Crippen molar-refractivity contribution in [1.82, 2.24) is 15.2 Å². The zero-order valence-electron chi connectivity index (χ0n) is 11.3. The number of aryl methyl sites for hydroxylation is 1. The van der Waals surface area contributed by atoms with Gasteiger partial charge in [0.2, 0.25) is 5.88 Å². The van der Waals surface area contributed by atoms with Crippen LogP contribution < -0.4 is 10.1 Å². The number of rotatable bonds is 7. The molecular weight excluding hydrogens is 214 g/mol. The fraction of sp³-hybridized carbons (Fsp3) is 0.615. The standard InChI is InChI=1S/C13H23N3O/c1-5-14-10-12-8-11(2)15-13(9-12)17-7-6-16(3)4/h8-9,14H,5-7,10H2,1-4H3. The molecule has 17 heavy (non-hydrogen) atoms. The van der Waals surface area contributed by atoms with Gasteiger partial charge in [-0.2, -0.15) is 0 Å². The molecule has 0 saturated carbocycles. The Balaban J connectivity index is 2.55. The molecule has 0 aliphatic rings. The Morgan fingerprint density at radius 3 is 2.76 bits per heavy atom. The largest absolute Gasteiger partial charge is 0.476 e. The summed E-state index contributed by atoms with van der Waals surface area (Å²) in [4.78, 5) is 6.46. The maximum atomic E-state index is 5.64. The Kier molecular flexibility index (Phi) is 5.94. The number of nitrogens with one attached hydrogen (secondary N) is 1. The molecule has 96 valence electrons. The summed E-state index contributed by atoms with van der Waals surface area (Å²) in [6.45, 7) is 7.50. The van der Waals surface area contributed by atoms with E-state index in [1.165, 1.54) is 5.56 Å². The third kappa shape index (κ3) is 5.65. The van der Waals surface area contributed by atoms with Crippen LogP contribution in [0.1, 0.15) is 18.2 Å². The zero-order chi connectivity index (χ0) is 12.7. The van der Waals surface area contributed by atoms with Gasteiger partial charge in [0.05, 0.1) is 0 Å². The Hall–Kier alpha value is -1.13. The van der Waals surface area contributed by atoms with Crippen molar-refractivity contribution in [3.8, 4) is 5.88 Å². The van der Waals surface area contributed by atoms with E-state index in [9.17, 15) is 0 Å². The molecule has 0 unspecified atom stereocenters. The van der Waals surface area contributed by atoms with E-state index in [0.717, 1.165) is 31.2 Å². The van der Waals surface area contributed by atoms with E-state index in [1.54, 1.807) is 0 Å². The van der Waals surface area contributed by atoms with E-state index in [1.807, 2.05) is 27.1 Å². The lowest BCUT2D eigenvalue weighted by molar-refractivity contribution is 0.253. The van der Waals surface area contributed by atoms with Crippen LogP contribution in [0.5, 0.6) is 5.88 Å². The number of hydrogen-bond donors (Lipinski definition) is 1. The van der Waals surface area contributed by atoms with Gasteiger partial charge in [-0.15, -0.1) is 0 Å². The first-order chi connectivity index (χ1) is 8.11. The fourth-order valence-corrected chi connectivity index (χ4v) is 1.49. The van der Waals surface area contributed by atoms with Crippen LogP contribution >= 0.6 is 0 Å². The third-order valence-corrected chi connectivity index (χ3v) is 2.36. The number of likely N-dealkylation sites (N-methyl/N-ethyl adjacent to an activating group) is 1. The summed E-state index contributed by atoms with van der Waals surface area (Å²) in [5, 5.41) is 3.30. The SMILES string of the molecule is CCNCc1cc(C)nc(OCCN(C)C)c1. The van der Waals surface area contributed by atoms with Gasteiger partial charge in [0.1, 0.15) is 6.61 Å². The highest BCUT2D eigenvalue weighted by Crippen LogP contribution is 2.12. The molecule has 0 atom stereocenters. The minimum atomic E-state index is 0.671. The number of aromatic nitrogens is 1. The summed E-state index contributed by atoms with van der Waals surface area (Å²) in [5.74, 6) is 0.722. The van der Waals surface area contributed by atoms with Gasteiger partial charge < -0.3 is 15.0 Å². The summed E-state index contributed by atoms with van der Waals surface area (Å²) < 4.78 is 5.64. The van der Waals surface area contributed by atoms with E-state index in [0.29, 0.717) is 6.61 Å². The molecule has 1 heterocycles. The molecule has 0 bridgehead atoms. The summed E-state index contributed by atoms with van der Waals surface area (Å²) in [7, 11) is 4.06. The van der Waals surface area contributed by atoms with Crippen LogP contribution in [-0.4, -0.2) is 43.7 Å². The molecule has 1 aromatic rings. The van der Waals surface area contributed by atoms with Gasteiger partial charge in [-0.05, 0) is 39.2 Å². The van der Waals surface area contributed by atoms with E-state index in [2.05, 4.69) is 28.2 Å². The molecule has 0 fully saturated rings. The Bertz CT molecular complexity index is 339. The second-order valence-corrected chi connectivity index (χ2v) is 4.39. The van der Waals surface area contributed by atoms with Crippen molar-refractivity contribution in [2.75, 3.05) is 33.8 Å². The maximum absolute atomic E-state index is 5.64. The highest BCUT2D eigenvalue weighted by molar-refractivity contribution is 5.24. The second-order valence-electron chi connectivity index (χ2n) is 4.39. The molecule has 4 heteroatoms. The minimum Gasteiger partial charge on any atom is -0.476 e. The van der Waals surface area contributed by atoms with Gasteiger partial charge in [-0.25, -0.2) is 4.98 Å². The summed E-state index contributed by atoms with van der Waals surface area (Å²) in [6.07, 6.45) is 0. The van der Waals surface area contributed by atoms with Gasteiger partial charge in [0.25, 0.3) is 0 Å². The van der Waals surface area contributed by atoms with Crippen LogP contribution in [0.15, 0.2) is 12.1 Å². The first-order valence-corrected chi connectivity index (χ1v) is 6.07. The maximum Gasteiger partial charge on any atom is 0.213 e. The Morgan fingerprint density at radius 2 is 2.12 bits per heavy atom. The lowest BCUT2D eigenvalue weighted by atomic mass is 10.2. The number of ether oxygens (including phenoxy) is 1. The van der Waals surface area contributed by atoms with Crippen molar-refractivity contribution in [3.05, 3.63) is 23.4 Å². The average Bonchev–Trinajstić information content (AvgIpc) is 2.25. The summed E-state index contributed by atoms with van der Waals surface area (Å²) >= 11 is 0. The second kappa shape index (κ2) is 7.25. The molecule has 0 aliphatic carbocycles. The Morgan fingerprint density at radius 1 is 1.35 bits per heavy atom. The smallest absolute Gasteiger partial charge is 0.213 e. The third-order valence-electron chi connectivity index (χ3n) is 2.36. The molecular formula is C13H23N3O. The molecule has 1 rings (SSSR count). The van der Waals surface area contributed by atoms with Crippen molar-refractivity contribution in [3.63, 3.8) is 0 Å². The predicted octanol–water partition coefficient (Wildman–Crippen LogP) is 1.44. The fourth-order valence-electron chi connectivity index (χ4n) is 1.49. The van der Waals surface area contributed by atoms with Crippen LogP contribution in [0.25, 0.3) is 0 Å². The first-order valence-electron chi connectivity index (χ1n) is 6.07. The van der Waals surface area contributed by atoms with Gasteiger partial charge in [-0.1, -0.05) is 6.92 Å². The van der Waals surface area contributed by atoms with Crippen LogP contribution in [-0.2, 0) is 6.54 Å². The van der Waals surface area contributed by atoms with E-state index < -0.39 is 0 Å². The quantitative estimate of drug-likeness (QED) is 0.778. The van der Waals surface area contributed by atoms with Gasteiger partial charge in [0.15, 0.2) is 0 Å². The van der Waals surface area contributed by atoms with Crippen molar-refractivity contribution in [2.24, 2.45) is 0 Å². The first kappa shape index (κ1) is 13.9. The molecule has 0 aromatic carbocycles. The summed E-state index contributed by atoms with van der Waals surface area (Å²) in [6, 6.07) is 4.09. The topological polar surface area (TPSA) is 37.4 Å². The average molecular weight is 237 g/mol. The minimum absolute atomic E-state index is 0.671. The van der Waals surface area contributed by atoms with E-state index in [-0.39, 0.29) is 0 Å². The predicted molar refractivity (Wildman–Crippen MR) is 70.4 cm³/mol. The van der Waals surface area contributed by atoms with Crippen molar-refractivity contribution in [1.29, 1.82) is 0 Å². The molecule has 0 aliphatic heterocycles. The number of pyridine rings is 1. The van der Waals surface area contributed by atoms with Gasteiger partial charge in [0, 0.05) is 24.8 Å².